The van der Waals surface area contributed by atoms with Gasteiger partial charge in [-0.1, -0.05) is 0 Å². The monoisotopic (exact) mass is 359 g/mol. The van der Waals surface area contributed by atoms with E-state index < -0.39 is 0 Å². The normalized spacial score (nSPS) is 16.2. The van der Waals surface area contributed by atoms with Crippen molar-refractivity contribution in [3.8, 4) is 0 Å². The van der Waals surface area contributed by atoms with Gasteiger partial charge in [-0.15, -0.1) is 0 Å². The number of nitrogens with one attached hydrogen (secondary N) is 1. The van der Waals surface area contributed by atoms with Gasteiger partial charge in [0.2, 0.25) is 0 Å². The Bertz CT molecular complexity index is 698. The zero-order valence-corrected chi connectivity index (χ0v) is 15.0. The summed E-state index contributed by atoms with van der Waals surface area (Å²) in [5.41, 5.74) is 0. The van der Waals surface area contributed by atoms with E-state index in [2.05, 4.69) is 17.2 Å². The van der Waals surface area contributed by atoms with E-state index in [0.29, 0.717) is 38.5 Å². The van der Waals surface area contributed by atoms with Crippen LogP contribution in [0.25, 0.3) is 0 Å². The Balaban J connectivity index is 1.43. The van der Waals surface area contributed by atoms with Gasteiger partial charge in [0.1, 0.15) is 0 Å². The maximum absolute atomic E-state index is 12.4. The van der Waals surface area contributed by atoms with E-state index >= 15 is 0 Å². The molecule has 8 heteroatoms. The molecule has 0 unspecified atom stereocenters. The quantitative estimate of drug-likeness (QED) is 0.885. The molecule has 1 atom stereocenters. The Morgan fingerprint density at radius 2 is 2.08 bits per heavy atom. The second-order valence-electron chi connectivity index (χ2n) is 6.49. The summed E-state index contributed by atoms with van der Waals surface area (Å²) in [4.78, 5) is 32.3. The van der Waals surface area contributed by atoms with E-state index in [1.54, 1.807) is 34.5 Å². The Hall–Kier alpha value is -2.77. The van der Waals surface area contributed by atoms with Crippen molar-refractivity contribution in [3.63, 3.8) is 0 Å². The van der Waals surface area contributed by atoms with Gasteiger partial charge < -0.3 is 24.1 Å². The maximum atomic E-state index is 12.4. The molecule has 3 heterocycles. The lowest BCUT2D eigenvalue weighted by Crippen LogP contribution is -2.43. The third-order valence-corrected chi connectivity index (χ3v) is 4.67. The number of carbonyl (C=O) groups is 2. The number of rotatable bonds is 5. The predicted octanol–water partition coefficient (Wildman–Crippen LogP) is 1.98. The van der Waals surface area contributed by atoms with E-state index in [9.17, 15) is 9.59 Å². The van der Waals surface area contributed by atoms with Crippen LogP contribution in [-0.4, -0.2) is 64.0 Å². The summed E-state index contributed by atoms with van der Waals surface area (Å²) in [5, 5.41) is 2.98. The molecule has 0 spiro atoms. The van der Waals surface area contributed by atoms with Crippen LogP contribution >= 0.6 is 0 Å². The SMILES string of the molecule is C[C@@H](CCNC(=O)N1CCCN(C(=O)c2ccco2)CC1)n1ccnc1. The molecule has 3 rings (SSSR count). The second-order valence-corrected chi connectivity index (χ2v) is 6.49. The average molecular weight is 359 g/mol. The van der Waals surface area contributed by atoms with Crippen LogP contribution in [0.5, 0.6) is 0 Å². The summed E-state index contributed by atoms with van der Waals surface area (Å²) >= 11 is 0. The first-order chi connectivity index (χ1) is 12.6. The van der Waals surface area contributed by atoms with Crippen LogP contribution in [0.2, 0.25) is 0 Å². The minimum absolute atomic E-state index is 0.0740. The Morgan fingerprint density at radius 1 is 1.27 bits per heavy atom. The highest BCUT2D eigenvalue weighted by Crippen LogP contribution is 2.11. The Kier molecular flexibility index (Phi) is 5.93. The number of carbonyl (C=O) groups excluding carboxylic acids is 2. The lowest BCUT2D eigenvalue weighted by molar-refractivity contribution is 0.0730. The molecule has 0 bridgehead atoms. The van der Waals surface area contributed by atoms with Gasteiger partial charge in [-0.25, -0.2) is 9.78 Å². The molecule has 2 aromatic heterocycles. The van der Waals surface area contributed by atoms with Crippen LogP contribution in [0.4, 0.5) is 4.79 Å². The van der Waals surface area contributed by atoms with Crippen molar-refractivity contribution >= 4 is 11.9 Å². The van der Waals surface area contributed by atoms with Crippen molar-refractivity contribution in [2.24, 2.45) is 0 Å². The molecule has 8 nitrogen and oxygen atoms in total. The Labute approximate surface area is 152 Å². The molecule has 140 valence electrons. The highest BCUT2D eigenvalue weighted by atomic mass is 16.3. The van der Waals surface area contributed by atoms with Gasteiger partial charge in [0, 0.05) is 51.2 Å². The summed E-state index contributed by atoms with van der Waals surface area (Å²) in [5.74, 6) is 0.225. The number of imidazole rings is 1. The van der Waals surface area contributed by atoms with Crippen LogP contribution in [0.1, 0.15) is 36.4 Å². The lowest BCUT2D eigenvalue weighted by atomic mass is 10.2. The van der Waals surface area contributed by atoms with Crippen molar-refractivity contribution in [2.45, 2.75) is 25.8 Å². The van der Waals surface area contributed by atoms with Gasteiger partial charge in [-0.3, -0.25) is 4.79 Å². The molecule has 0 radical (unpaired) electrons. The van der Waals surface area contributed by atoms with Crippen molar-refractivity contribution in [1.82, 2.24) is 24.7 Å². The van der Waals surface area contributed by atoms with Crippen LogP contribution in [-0.2, 0) is 0 Å². The number of hydrogen-bond donors (Lipinski definition) is 1. The number of amides is 3. The summed E-state index contributed by atoms with van der Waals surface area (Å²) in [6.07, 6.45) is 8.54. The third-order valence-electron chi connectivity index (χ3n) is 4.67. The standard InChI is InChI=1S/C18H25N5O3/c1-15(23-10-7-19-14-23)5-6-20-18(25)22-9-3-8-21(11-12-22)17(24)16-4-2-13-26-16/h2,4,7,10,13-15H,3,5-6,8-9,11-12H2,1H3,(H,20,25)/t15-/m0/s1. The van der Waals surface area contributed by atoms with Crippen LogP contribution in [0, 0.1) is 0 Å². The molecule has 2 aromatic rings. The third kappa shape index (κ3) is 4.44. The van der Waals surface area contributed by atoms with E-state index in [1.165, 1.54) is 6.26 Å². The van der Waals surface area contributed by atoms with E-state index in [0.717, 1.165) is 12.8 Å². The van der Waals surface area contributed by atoms with E-state index in [1.807, 2.05) is 10.8 Å². The van der Waals surface area contributed by atoms with E-state index in [4.69, 9.17) is 4.42 Å². The minimum Gasteiger partial charge on any atom is -0.459 e. The van der Waals surface area contributed by atoms with Crippen LogP contribution < -0.4 is 5.32 Å². The number of furan rings is 1. The van der Waals surface area contributed by atoms with Crippen LogP contribution in [0.15, 0.2) is 41.5 Å². The fourth-order valence-electron chi connectivity index (χ4n) is 3.06. The molecule has 3 amide bonds. The fourth-order valence-corrected chi connectivity index (χ4v) is 3.06. The second kappa shape index (κ2) is 8.55. The molecule has 0 saturated carbocycles. The first-order valence-electron chi connectivity index (χ1n) is 8.98. The molecule has 26 heavy (non-hydrogen) atoms. The first kappa shape index (κ1) is 18.0. The van der Waals surface area contributed by atoms with E-state index in [-0.39, 0.29) is 18.0 Å². The fraction of sp³-hybridized carbons (Fsp3) is 0.500. The largest absolute Gasteiger partial charge is 0.459 e. The summed E-state index contributed by atoms with van der Waals surface area (Å²) in [6, 6.07) is 3.58. The Morgan fingerprint density at radius 3 is 2.81 bits per heavy atom. The van der Waals surface area contributed by atoms with Gasteiger partial charge in [-0.2, -0.15) is 0 Å². The molecule has 1 aliphatic rings. The van der Waals surface area contributed by atoms with Crippen molar-refractivity contribution in [2.75, 3.05) is 32.7 Å². The zero-order chi connectivity index (χ0) is 18.4. The van der Waals surface area contributed by atoms with Gasteiger partial charge in [0.25, 0.3) is 5.91 Å². The smallest absolute Gasteiger partial charge is 0.317 e. The van der Waals surface area contributed by atoms with Gasteiger partial charge in [0.15, 0.2) is 5.76 Å². The predicted molar refractivity (Wildman–Crippen MR) is 95.8 cm³/mol. The summed E-state index contributed by atoms with van der Waals surface area (Å²) < 4.78 is 7.20. The summed E-state index contributed by atoms with van der Waals surface area (Å²) in [7, 11) is 0. The average Bonchev–Trinajstić information content (AvgIpc) is 3.31. The minimum atomic E-state index is -0.119. The number of aromatic nitrogens is 2. The molecule has 0 aromatic carbocycles. The molecule has 1 aliphatic heterocycles. The zero-order valence-electron chi connectivity index (χ0n) is 15.0. The molecular formula is C18H25N5O3. The van der Waals surface area contributed by atoms with Crippen molar-refractivity contribution in [3.05, 3.63) is 42.9 Å². The van der Waals surface area contributed by atoms with Crippen molar-refractivity contribution < 1.29 is 14.0 Å². The number of urea groups is 1. The summed E-state index contributed by atoms with van der Waals surface area (Å²) in [6.45, 7) is 5.00. The highest BCUT2D eigenvalue weighted by Gasteiger charge is 2.23. The molecule has 1 saturated heterocycles. The van der Waals surface area contributed by atoms with Crippen LogP contribution in [0.3, 0.4) is 0 Å². The topological polar surface area (TPSA) is 83.6 Å². The molecule has 0 aliphatic carbocycles. The lowest BCUT2D eigenvalue weighted by Gasteiger charge is -2.22. The number of nitrogens with zero attached hydrogens (tertiary/aromatic N) is 4. The molecular weight excluding hydrogens is 334 g/mol. The maximum Gasteiger partial charge on any atom is 0.317 e. The first-order valence-corrected chi connectivity index (χ1v) is 8.98. The molecule has 1 N–H and O–H groups in total. The number of hydrogen-bond acceptors (Lipinski definition) is 4. The van der Waals surface area contributed by atoms with Gasteiger partial charge in [-0.05, 0) is 31.9 Å². The van der Waals surface area contributed by atoms with Gasteiger partial charge in [0.05, 0.1) is 12.6 Å². The van der Waals surface area contributed by atoms with Crippen molar-refractivity contribution in [1.29, 1.82) is 0 Å². The highest BCUT2D eigenvalue weighted by molar-refractivity contribution is 5.91. The van der Waals surface area contributed by atoms with Gasteiger partial charge >= 0.3 is 6.03 Å². The molecule has 1 fully saturated rings.